The monoisotopic (exact) mass is 550 g/mol. The minimum absolute atomic E-state index is 0.0149. The second kappa shape index (κ2) is 19.0. The molecule has 4 N–H and O–H groups in total. The third-order valence-corrected chi connectivity index (χ3v) is 6.22. The molecule has 0 fully saturated rings. The molecular formula is C28H54O10. The van der Waals surface area contributed by atoms with Crippen molar-refractivity contribution in [1.82, 2.24) is 0 Å². The summed E-state index contributed by atoms with van der Waals surface area (Å²) in [5, 5.41) is 38.6. The van der Waals surface area contributed by atoms with Gasteiger partial charge in [-0.1, -0.05) is 34.3 Å². The molecule has 0 saturated heterocycles. The van der Waals surface area contributed by atoms with Gasteiger partial charge >= 0.3 is 5.97 Å². The van der Waals surface area contributed by atoms with Crippen molar-refractivity contribution in [3.63, 3.8) is 0 Å². The number of esters is 1. The molecule has 38 heavy (non-hydrogen) atoms. The van der Waals surface area contributed by atoms with Crippen LogP contribution in [0, 0.1) is 23.2 Å². The largest absolute Gasteiger partial charge is 0.460 e. The maximum absolute atomic E-state index is 11.4. The van der Waals surface area contributed by atoms with E-state index in [0.717, 1.165) is 0 Å². The standard InChI is InChI=1S/C28H54O10/c1-20(2)26(33)37-17-24(32)16-34-13-21(3)9-28(7,8)38-15-23(11-30)27(5,6)19-35-18-25(12-31)36-14-22(4)10-29/h21-25,29-32H,1,9-19H2,2-8H3. The fourth-order valence-electron chi connectivity index (χ4n) is 3.63. The first-order chi connectivity index (χ1) is 17.7. The minimum Gasteiger partial charge on any atom is -0.460 e. The number of aliphatic hydroxyl groups excluding tert-OH is 4. The van der Waals surface area contributed by atoms with E-state index in [1.165, 1.54) is 0 Å². The predicted octanol–water partition coefficient (Wildman–Crippen LogP) is 1.96. The Labute approximate surface area is 229 Å². The summed E-state index contributed by atoms with van der Waals surface area (Å²) in [6.45, 7) is 18.3. The molecule has 5 atom stereocenters. The first kappa shape index (κ1) is 36.9. The van der Waals surface area contributed by atoms with Crippen LogP contribution in [-0.4, -0.2) is 110 Å². The highest BCUT2D eigenvalue weighted by molar-refractivity contribution is 5.86. The van der Waals surface area contributed by atoms with E-state index >= 15 is 0 Å². The lowest BCUT2D eigenvalue weighted by Crippen LogP contribution is -2.39. The molecule has 0 rings (SSSR count). The van der Waals surface area contributed by atoms with Crippen molar-refractivity contribution < 1.29 is 48.9 Å². The molecule has 10 nitrogen and oxygen atoms in total. The van der Waals surface area contributed by atoms with Gasteiger partial charge in [-0.05, 0) is 38.5 Å². The van der Waals surface area contributed by atoms with Gasteiger partial charge in [0.05, 0.1) is 45.2 Å². The zero-order chi connectivity index (χ0) is 29.4. The third-order valence-electron chi connectivity index (χ3n) is 6.22. The molecule has 0 heterocycles. The van der Waals surface area contributed by atoms with Gasteiger partial charge in [0.25, 0.3) is 0 Å². The van der Waals surface area contributed by atoms with Crippen LogP contribution in [0.1, 0.15) is 54.9 Å². The molecule has 0 aliphatic rings. The van der Waals surface area contributed by atoms with Gasteiger partial charge in [-0.2, -0.15) is 0 Å². The second-order valence-corrected chi connectivity index (χ2v) is 11.8. The molecule has 0 aliphatic heterocycles. The SMILES string of the molecule is C=C(C)C(=O)OCC(O)COCC(C)CC(C)(C)OCC(CO)C(C)(C)COCC(CO)OCC(C)CO. The van der Waals surface area contributed by atoms with Crippen molar-refractivity contribution in [2.75, 3.05) is 66.1 Å². The molecule has 0 amide bonds. The average molecular weight is 551 g/mol. The van der Waals surface area contributed by atoms with Crippen LogP contribution in [0.4, 0.5) is 0 Å². The van der Waals surface area contributed by atoms with Crippen LogP contribution in [0.15, 0.2) is 12.2 Å². The maximum Gasteiger partial charge on any atom is 0.333 e. The van der Waals surface area contributed by atoms with Crippen LogP contribution in [-0.2, 0) is 28.5 Å². The predicted molar refractivity (Wildman–Crippen MR) is 145 cm³/mol. The Morgan fingerprint density at radius 1 is 0.842 bits per heavy atom. The molecule has 5 unspecified atom stereocenters. The molecule has 0 aromatic carbocycles. The Morgan fingerprint density at radius 2 is 1.50 bits per heavy atom. The van der Waals surface area contributed by atoms with Crippen molar-refractivity contribution in [2.24, 2.45) is 23.2 Å². The van der Waals surface area contributed by atoms with E-state index in [4.69, 9.17) is 28.8 Å². The normalized spacial score (nSPS) is 16.5. The number of carbonyl (C=O) groups is 1. The molecule has 0 aliphatic carbocycles. The number of aliphatic hydroxyl groups is 4. The van der Waals surface area contributed by atoms with E-state index in [1.54, 1.807) is 6.92 Å². The summed E-state index contributed by atoms with van der Waals surface area (Å²) in [5.41, 5.74) is -0.581. The van der Waals surface area contributed by atoms with E-state index in [2.05, 4.69) is 6.58 Å². The number of ether oxygens (including phenoxy) is 5. The van der Waals surface area contributed by atoms with Crippen LogP contribution < -0.4 is 0 Å². The van der Waals surface area contributed by atoms with Gasteiger partial charge in [-0.25, -0.2) is 4.79 Å². The first-order valence-corrected chi connectivity index (χ1v) is 13.4. The lowest BCUT2D eigenvalue weighted by molar-refractivity contribution is -0.143. The Morgan fingerprint density at radius 3 is 2.05 bits per heavy atom. The minimum atomic E-state index is -0.909. The molecule has 0 aromatic heterocycles. The van der Waals surface area contributed by atoms with E-state index in [-0.39, 0.29) is 68.4 Å². The first-order valence-electron chi connectivity index (χ1n) is 13.4. The van der Waals surface area contributed by atoms with Crippen molar-refractivity contribution in [3.8, 4) is 0 Å². The molecule has 0 bridgehead atoms. The van der Waals surface area contributed by atoms with Gasteiger partial charge in [0.1, 0.15) is 18.8 Å². The van der Waals surface area contributed by atoms with Gasteiger partial charge in [-0.15, -0.1) is 0 Å². The van der Waals surface area contributed by atoms with Gasteiger partial charge in [0.2, 0.25) is 0 Å². The summed E-state index contributed by atoms with van der Waals surface area (Å²) in [6.07, 6.45) is -0.684. The highest BCUT2D eigenvalue weighted by atomic mass is 16.6. The van der Waals surface area contributed by atoms with Crippen LogP contribution in [0.2, 0.25) is 0 Å². The Balaban J connectivity index is 4.49. The summed E-state index contributed by atoms with van der Waals surface area (Å²) >= 11 is 0. The summed E-state index contributed by atoms with van der Waals surface area (Å²) < 4.78 is 28.1. The lowest BCUT2D eigenvalue weighted by Gasteiger charge is -2.36. The molecule has 226 valence electrons. The molecule has 10 heteroatoms. The van der Waals surface area contributed by atoms with Gasteiger partial charge < -0.3 is 44.1 Å². The Bertz CT molecular complexity index is 652. The summed E-state index contributed by atoms with van der Waals surface area (Å²) in [4.78, 5) is 11.4. The number of carbonyl (C=O) groups excluding carboxylic acids is 1. The average Bonchev–Trinajstić information content (AvgIpc) is 2.83. The van der Waals surface area contributed by atoms with Crippen molar-refractivity contribution >= 4 is 5.97 Å². The van der Waals surface area contributed by atoms with Gasteiger partial charge in [-0.3, -0.25) is 0 Å². The molecule has 0 spiro atoms. The number of rotatable bonds is 23. The highest BCUT2D eigenvalue weighted by Crippen LogP contribution is 2.30. The fraction of sp³-hybridized carbons (Fsp3) is 0.893. The van der Waals surface area contributed by atoms with Crippen molar-refractivity contribution in [1.29, 1.82) is 0 Å². The second-order valence-electron chi connectivity index (χ2n) is 11.8. The summed E-state index contributed by atoms with van der Waals surface area (Å²) in [6, 6.07) is 0. The maximum atomic E-state index is 11.4. The van der Waals surface area contributed by atoms with Gasteiger partial charge in [0, 0.05) is 37.2 Å². The topological polar surface area (TPSA) is 144 Å². The zero-order valence-electron chi connectivity index (χ0n) is 24.6. The smallest absolute Gasteiger partial charge is 0.333 e. The van der Waals surface area contributed by atoms with Crippen molar-refractivity contribution in [2.45, 2.75) is 72.7 Å². The molecule has 0 aromatic rings. The molecule has 0 radical (unpaired) electrons. The number of hydrogen-bond donors (Lipinski definition) is 4. The van der Waals surface area contributed by atoms with Crippen LogP contribution in [0.3, 0.4) is 0 Å². The van der Waals surface area contributed by atoms with E-state index in [9.17, 15) is 20.1 Å². The Kier molecular flexibility index (Phi) is 18.5. The molecular weight excluding hydrogens is 496 g/mol. The van der Waals surface area contributed by atoms with Crippen LogP contribution >= 0.6 is 0 Å². The van der Waals surface area contributed by atoms with E-state index < -0.39 is 23.8 Å². The van der Waals surface area contributed by atoms with Gasteiger partial charge in [0.15, 0.2) is 0 Å². The third kappa shape index (κ3) is 16.8. The summed E-state index contributed by atoms with van der Waals surface area (Å²) in [7, 11) is 0. The van der Waals surface area contributed by atoms with Crippen LogP contribution in [0.5, 0.6) is 0 Å². The Hall–Kier alpha value is -1.11. The highest BCUT2D eigenvalue weighted by Gasteiger charge is 2.32. The van der Waals surface area contributed by atoms with E-state index in [1.807, 2.05) is 41.5 Å². The molecule has 0 saturated carbocycles. The van der Waals surface area contributed by atoms with Crippen molar-refractivity contribution in [3.05, 3.63) is 12.2 Å². The zero-order valence-corrected chi connectivity index (χ0v) is 24.6. The number of hydrogen-bond acceptors (Lipinski definition) is 10. The quantitative estimate of drug-likeness (QED) is 0.110. The van der Waals surface area contributed by atoms with Crippen LogP contribution in [0.25, 0.3) is 0 Å². The summed E-state index contributed by atoms with van der Waals surface area (Å²) in [5.74, 6) is -0.588. The lowest BCUT2D eigenvalue weighted by atomic mass is 9.80. The fourth-order valence-corrected chi connectivity index (χ4v) is 3.63. The van der Waals surface area contributed by atoms with E-state index in [0.29, 0.717) is 32.8 Å².